The van der Waals surface area contributed by atoms with Gasteiger partial charge in [-0.15, -0.1) is 0 Å². The maximum atomic E-state index is 12.4. The van der Waals surface area contributed by atoms with Gasteiger partial charge in [-0.05, 0) is 55.6 Å². The van der Waals surface area contributed by atoms with Gasteiger partial charge in [0.05, 0.1) is 23.5 Å². The van der Waals surface area contributed by atoms with Gasteiger partial charge in [-0.2, -0.15) is 5.26 Å². The van der Waals surface area contributed by atoms with Crippen LogP contribution in [0.4, 0.5) is 10.6 Å². The molecule has 1 amide bonds. The van der Waals surface area contributed by atoms with Gasteiger partial charge in [0.15, 0.2) is 5.82 Å². The first-order valence-electron chi connectivity index (χ1n) is 9.38. The Bertz CT molecular complexity index is 937. The lowest BCUT2D eigenvalue weighted by atomic mass is 10.2. The molecule has 0 bridgehead atoms. The SMILES string of the molecule is CC(C)(C)OC(=O)N1CCC[C@H]1CNc1ncc(-c2cncc(C#N)c2)nc1Br. The topological polar surface area (TPSA) is 104 Å². The number of ether oxygens (including phenoxy) is 1. The van der Waals surface area contributed by atoms with E-state index < -0.39 is 5.60 Å². The van der Waals surface area contributed by atoms with E-state index in [1.165, 1.54) is 6.20 Å². The number of carbonyl (C=O) groups excluding carboxylic acids is 1. The van der Waals surface area contributed by atoms with Gasteiger partial charge in [0.1, 0.15) is 16.3 Å². The highest BCUT2D eigenvalue weighted by atomic mass is 79.9. The summed E-state index contributed by atoms with van der Waals surface area (Å²) in [6, 6.07) is 3.82. The third kappa shape index (κ3) is 5.41. The van der Waals surface area contributed by atoms with E-state index in [9.17, 15) is 4.79 Å². The Morgan fingerprint density at radius 2 is 2.21 bits per heavy atom. The second kappa shape index (κ2) is 8.74. The highest BCUT2D eigenvalue weighted by Gasteiger charge is 2.32. The molecule has 0 spiro atoms. The molecule has 1 aliphatic rings. The largest absolute Gasteiger partial charge is 0.444 e. The number of hydrogen-bond acceptors (Lipinski definition) is 7. The number of nitrogens with zero attached hydrogens (tertiary/aromatic N) is 5. The highest BCUT2D eigenvalue weighted by Crippen LogP contribution is 2.25. The molecule has 1 N–H and O–H groups in total. The maximum absolute atomic E-state index is 12.4. The van der Waals surface area contributed by atoms with Crippen LogP contribution in [0.3, 0.4) is 0 Å². The van der Waals surface area contributed by atoms with E-state index in [0.29, 0.717) is 34.8 Å². The van der Waals surface area contributed by atoms with Crippen molar-refractivity contribution in [2.45, 2.75) is 45.3 Å². The van der Waals surface area contributed by atoms with Gasteiger partial charge in [-0.3, -0.25) is 4.98 Å². The zero-order chi connectivity index (χ0) is 21.0. The monoisotopic (exact) mass is 458 g/mol. The number of amides is 1. The summed E-state index contributed by atoms with van der Waals surface area (Å²) in [6.45, 7) is 6.84. The number of carbonyl (C=O) groups is 1. The molecule has 3 rings (SSSR count). The smallest absolute Gasteiger partial charge is 0.410 e. The molecule has 0 saturated carbocycles. The van der Waals surface area contributed by atoms with Crippen LogP contribution in [0, 0.1) is 11.3 Å². The number of hydrogen-bond donors (Lipinski definition) is 1. The second-order valence-corrected chi connectivity index (χ2v) is 8.57. The summed E-state index contributed by atoms with van der Waals surface area (Å²) in [7, 11) is 0. The number of rotatable bonds is 4. The van der Waals surface area contributed by atoms with E-state index in [4.69, 9.17) is 10.00 Å². The Kier molecular flexibility index (Phi) is 6.33. The van der Waals surface area contributed by atoms with Crippen LogP contribution < -0.4 is 5.32 Å². The molecule has 29 heavy (non-hydrogen) atoms. The molecule has 1 aliphatic heterocycles. The Labute approximate surface area is 178 Å². The molecule has 1 fully saturated rings. The van der Waals surface area contributed by atoms with E-state index in [0.717, 1.165) is 18.4 Å². The van der Waals surface area contributed by atoms with Crippen LogP contribution in [0.25, 0.3) is 11.3 Å². The summed E-state index contributed by atoms with van der Waals surface area (Å²) in [4.78, 5) is 27.2. The summed E-state index contributed by atoms with van der Waals surface area (Å²) in [5, 5.41) is 12.3. The number of aromatic nitrogens is 3. The predicted octanol–water partition coefficient (Wildman–Crippen LogP) is 3.98. The number of anilines is 1. The van der Waals surface area contributed by atoms with Crippen molar-refractivity contribution >= 4 is 27.8 Å². The van der Waals surface area contributed by atoms with Crippen molar-refractivity contribution in [3.05, 3.63) is 34.8 Å². The van der Waals surface area contributed by atoms with Gasteiger partial charge in [0.2, 0.25) is 0 Å². The lowest BCUT2D eigenvalue weighted by Gasteiger charge is -2.28. The van der Waals surface area contributed by atoms with Gasteiger partial charge in [0.25, 0.3) is 0 Å². The summed E-state index contributed by atoms with van der Waals surface area (Å²) in [5.41, 5.74) is 1.28. The van der Waals surface area contributed by atoms with Crippen LogP contribution in [-0.4, -0.2) is 50.7 Å². The lowest BCUT2D eigenvalue weighted by Crippen LogP contribution is -2.42. The van der Waals surface area contributed by atoms with E-state index in [1.807, 2.05) is 20.8 Å². The molecule has 0 aliphatic carbocycles. The number of nitriles is 1. The molecule has 152 valence electrons. The predicted molar refractivity (Wildman–Crippen MR) is 112 cm³/mol. The maximum Gasteiger partial charge on any atom is 0.410 e. The molecule has 9 heteroatoms. The van der Waals surface area contributed by atoms with Crippen molar-refractivity contribution in [3.63, 3.8) is 0 Å². The van der Waals surface area contributed by atoms with Crippen LogP contribution in [0.5, 0.6) is 0 Å². The molecular formula is C20H23BrN6O2. The minimum absolute atomic E-state index is 0.0368. The van der Waals surface area contributed by atoms with Crippen molar-refractivity contribution in [3.8, 4) is 17.3 Å². The van der Waals surface area contributed by atoms with Crippen molar-refractivity contribution in [2.24, 2.45) is 0 Å². The van der Waals surface area contributed by atoms with Crippen LogP contribution in [0.1, 0.15) is 39.2 Å². The van der Waals surface area contributed by atoms with Crippen molar-refractivity contribution in [1.82, 2.24) is 19.9 Å². The van der Waals surface area contributed by atoms with Crippen molar-refractivity contribution in [2.75, 3.05) is 18.4 Å². The van der Waals surface area contributed by atoms with E-state index in [1.54, 1.807) is 23.4 Å². The normalized spacial score (nSPS) is 16.4. The molecule has 1 atom stereocenters. The van der Waals surface area contributed by atoms with Gasteiger partial charge in [0, 0.05) is 31.0 Å². The minimum atomic E-state index is -0.514. The molecule has 3 heterocycles. The lowest BCUT2D eigenvalue weighted by molar-refractivity contribution is 0.0235. The Morgan fingerprint density at radius 1 is 1.41 bits per heavy atom. The fourth-order valence-electron chi connectivity index (χ4n) is 3.09. The number of halogens is 1. The fourth-order valence-corrected chi connectivity index (χ4v) is 3.52. The first kappa shape index (κ1) is 21.0. The Balaban J connectivity index is 1.66. The average Bonchev–Trinajstić information content (AvgIpc) is 3.14. The molecular weight excluding hydrogens is 436 g/mol. The average molecular weight is 459 g/mol. The van der Waals surface area contributed by atoms with Gasteiger partial charge < -0.3 is 15.0 Å². The van der Waals surface area contributed by atoms with E-state index in [-0.39, 0.29) is 12.1 Å². The molecule has 0 aromatic carbocycles. The third-order valence-electron chi connectivity index (χ3n) is 4.40. The van der Waals surface area contributed by atoms with E-state index >= 15 is 0 Å². The molecule has 8 nitrogen and oxygen atoms in total. The first-order chi connectivity index (χ1) is 13.8. The van der Waals surface area contributed by atoms with E-state index in [2.05, 4.69) is 42.3 Å². The second-order valence-electron chi connectivity index (χ2n) is 7.82. The first-order valence-corrected chi connectivity index (χ1v) is 10.2. The number of likely N-dealkylation sites (tertiary alicyclic amines) is 1. The molecule has 0 radical (unpaired) electrons. The highest BCUT2D eigenvalue weighted by molar-refractivity contribution is 9.10. The number of nitrogens with one attached hydrogen (secondary N) is 1. The minimum Gasteiger partial charge on any atom is -0.444 e. The zero-order valence-corrected chi connectivity index (χ0v) is 18.2. The van der Waals surface area contributed by atoms with Crippen LogP contribution >= 0.6 is 15.9 Å². The van der Waals surface area contributed by atoms with Crippen LogP contribution in [0.2, 0.25) is 0 Å². The van der Waals surface area contributed by atoms with Crippen molar-refractivity contribution < 1.29 is 9.53 Å². The van der Waals surface area contributed by atoms with Gasteiger partial charge >= 0.3 is 6.09 Å². The van der Waals surface area contributed by atoms with Gasteiger partial charge in [-0.1, -0.05) is 0 Å². The molecule has 0 unspecified atom stereocenters. The molecule has 1 saturated heterocycles. The third-order valence-corrected chi connectivity index (χ3v) is 4.96. The molecule has 2 aromatic rings. The fraction of sp³-hybridized carbons (Fsp3) is 0.450. The zero-order valence-electron chi connectivity index (χ0n) is 16.6. The van der Waals surface area contributed by atoms with Gasteiger partial charge in [-0.25, -0.2) is 14.8 Å². The summed E-state index contributed by atoms with van der Waals surface area (Å²) >= 11 is 3.45. The number of pyridine rings is 1. The summed E-state index contributed by atoms with van der Waals surface area (Å²) < 4.78 is 6.06. The quantitative estimate of drug-likeness (QED) is 0.738. The molecule has 2 aromatic heterocycles. The Hall–Kier alpha value is -2.73. The Morgan fingerprint density at radius 3 is 2.90 bits per heavy atom. The summed E-state index contributed by atoms with van der Waals surface area (Å²) in [6.07, 6.45) is 6.33. The summed E-state index contributed by atoms with van der Waals surface area (Å²) in [5.74, 6) is 0.592. The van der Waals surface area contributed by atoms with Crippen LogP contribution in [-0.2, 0) is 4.74 Å². The standard InChI is InChI=1S/C20H23BrN6O2/c1-20(2,3)29-19(28)27-6-4-5-15(27)11-24-18-17(21)26-16(12-25-18)14-7-13(8-22)9-23-10-14/h7,9-10,12,15H,4-6,11H2,1-3H3,(H,24,25)/t15-/m0/s1. The van der Waals surface area contributed by atoms with Crippen LogP contribution in [0.15, 0.2) is 29.3 Å². The van der Waals surface area contributed by atoms with Crippen molar-refractivity contribution in [1.29, 1.82) is 5.26 Å².